The third kappa shape index (κ3) is 9.33. The first kappa shape index (κ1) is 45.0. The number of nitrogens with zero attached hydrogens (tertiary/aromatic N) is 4. The van der Waals surface area contributed by atoms with Crippen LogP contribution in [0.5, 0.6) is 0 Å². The highest BCUT2D eigenvalue weighted by Crippen LogP contribution is 2.38. The SMILES string of the molecule is CCC(NC(=O)C(C)NC)C(=O)N1CC(F)CC1Cn1c(-c2[nH]c3cc(F)ccc3c2CC2CC(F)CN2C(=O)C(NC(=O)C(C)NC)C2CCCCC2)nc2cc(F)ccc21. The van der Waals surface area contributed by atoms with E-state index in [4.69, 9.17) is 4.98 Å². The molecule has 7 rings (SSSR count). The number of fused-ring (bicyclic) bond motifs is 2. The van der Waals surface area contributed by atoms with Gasteiger partial charge in [-0.2, -0.15) is 0 Å². The van der Waals surface area contributed by atoms with E-state index in [1.807, 2.05) is 0 Å². The lowest BCUT2D eigenvalue weighted by Gasteiger charge is -2.35. The molecule has 0 radical (unpaired) electrons. The Kier molecular flexibility index (Phi) is 13.9. The molecule has 13 nitrogen and oxygen atoms in total. The van der Waals surface area contributed by atoms with Crippen molar-refractivity contribution in [3.63, 3.8) is 0 Å². The molecular weight excluding hydrogens is 807 g/mol. The number of halogens is 4. The van der Waals surface area contributed by atoms with Crippen LogP contribution in [-0.2, 0) is 32.1 Å². The number of aromatic amines is 1. The fourth-order valence-electron chi connectivity index (χ4n) is 9.58. The number of H-pyrrole nitrogens is 1. The highest BCUT2D eigenvalue weighted by molar-refractivity contribution is 5.93. The van der Waals surface area contributed by atoms with E-state index in [9.17, 15) is 28.0 Å². The number of benzene rings is 2. The van der Waals surface area contributed by atoms with Crippen LogP contribution in [0.2, 0.25) is 0 Å². The number of carbonyl (C=O) groups is 4. The topological polar surface area (TPSA) is 156 Å². The molecule has 1 saturated carbocycles. The summed E-state index contributed by atoms with van der Waals surface area (Å²) in [6, 6.07) is 4.20. The second-order valence-electron chi connectivity index (χ2n) is 17.4. The zero-order valence-electron chi connectivity index (χ0n) is 36.1. The van der Waals surface area contributed by atoms with Gasteiger partial charge in [-0.25, -0.2) is 22.5 Å². The maximum absolute atomic E-state index is 15.7. The Morgan fingerprint density at radius 3 is 2.10 bits per heavy atom. The van der Waals surface area contributed by atoms with E-state index in [1.54, 1.807) is 56.5 Å². The van der Waals surface area contributed by atoms with E-state index < -0.39 is 66.1 Å². The maximum Gasteiger partial charge on any atom is 0.245 e. The van der Waals surface area contributed by atoms with Crippen molar-refractivity contribution < 1.29 is 36.7 Å². The fourth-order valence-corrected chi connectivity index (χ4v) is 9.58. The minimum absolute atomic E-state index is 0.00303. The van der Waals surface area contributed by atoms with E-state index >= 15 is 8.78 Å². The van der Waals surface area contributed by atoms with Crippen molar-refractivity contribution in [2.75, 3.05) is 27.2 Å². The van der Waals surface area contributed by atoms with Gasteiger partial charge in [-0.3, -0.25) is 19.2 Å². The number of alkyl halides is 2. The highest BCUT2D eigenvalue weighted by Gasteiger charge is 2.43. The first-order chi connectivity index (χ1) is 29.7. The van der Waals surface area contributed by atoms with Crippen LogP contribution >= 0.6 is 0 Å². The molecule has 0 spiro atoms. The molecule has 62 heavy (non-hydrogen) atoms. The molecule has 2 aliphatic heterocycles. The smallest absolute Gasteiger partial charge is 0.245 e. The number of amides is 4. The van der Waals surface area contributed by atoms with Crippen LogP contribution in [0.1, 0.15) is 77.7 Å². The van der Waals surface area contributed by atoms with E-state index in [0.717, 1.165) is 32.1 Å². The predicted octanol–water partition coefficient (Wildman–Crippen LogP) is 5.06. The number of carbonyl (C=O) groups excluding carboxylic acids is 4. The summed E-state index contributed by atoms with van der Waals surface area (Å²) >= 11 is 0. The molecule has 4 heterocycles. The van der Waals surface area contributed by atoms with Crippen molar-refractivity contribution in [3.8, 4) is 11.5 Å². The maximum atomic E-state index is 15.7. The molecule has 336 valence electrons. The van der Waals surface area contributed by atoms with Crippen LogP contribution in [0, 0.1) is 17.6 Å². The fraction of sp³-hybridized carbons (Fsp3) is 0.578. The van der Waals surface area contributed by atoms with Gasteiger partial charge in [-0.1, -0.05) is 26.2 Å². The molecule has 3 fully saturated rings. The molecule has 8 atom stereocenters. The minimum atomic E-state index is -1.35. The van der Waals surface area contributed by atoms with Gasteiger partial charge in [0.05, 0.1) is 47.9 Å². The van der Waals surface area contributed by atoms with E-state index in [-0.39, 0.29) is 74.5 Å². The number of hydrogen-bond donors (Lipinski definition) is 5. The van der Waals surface area contributed by atoms with Crippen LogP contribution in [0.25, 0.3) is 33.5 Å². The number of hydrogen-bond acceptors (Lipinski definition) is 7. The molecule has 4 aromatic rings. The molecule has 5 N–H and O–H groups in total. The summed E-state index contributed by atoms with van der Waals surface area (Å²) in [6.07, 6.45) is 2.14. The van der Waals surface area contributed by atoms with Gasteiger partial charge in [-0.15, -0.1) is 0 Å². The van der Waals surface area contributed by atoms with E-state index in [0.29, 0.717) is 33.5 Å². The molecule has 2 aromatic heterocycles. The van der Waals surface area contributed by atoms with Crippen LogP contribution in [0.15, 0.2) is 36.4 Å². The second kappa shape index (κ2) is 19.2. The third-order valence-electron chi connectivity index (χ3n) is 13.3. The summed E-state index contributed by atoms with van der Waals surface area (Å²) in [5.41, 5.74) is 2.24. The standard InChI is InChI=1S/C45H59F4N9O4/c1-6-35(54-42(59)24(2)50-4)44(61)57-22-30(49)17-32(57)23-58-38-15-13-28(47)19-37(38)53-41(58)40-34(33-14-12-27(46)18-36(33)52-40)20-31-16-29(48)21-56(31)45(62)39(26-10-8-7-9-11-26)55-43(60)25(3)51-5/h12-15,18-19,24-26,29-32,35,39,50-52H,6-11,16-17,20-23H2,1-5H3,(H,54,59)(H,55,60). The Morgan fingerprint density at radius 2 is 1.44 bits per heavy atom. The van der Waals surface area contributed by atoms with Gasteiger partial charge in [0.25, 0.3) is 0 Å². The van der Waals surface area contributed by atoms with Crippen molar-refractivity contribution >= 4 is 45.6 Å². The average Bonchev–Trinajstić information content (AvgIpc) is 4.03. The summed E-state index contributed by atoms with van der Waals surface area (Å²) < 4.78 is 62.6. The van der Waals surface area contributed by atoms with Gasteiger partial charge >= 0.3 is 0 Å². The van der Waals surface area contributed by atoms with Crippen molar-refractivity contribution in [2.45, 2.75) is 134 Å². The molecule has 2 saturated heterocycles. The normalized spacial score (nSPS) is 22.9. The second-order valence-corrected chi connectivity index (χ2v) is 17.4. The highest BCUT2D eigenvalue weighted by atomic mass is 19.1. The number of rotatable bonds is 15. The molecule has 4 amide bonds. The number of nitrogens with one attached hydrogen (secondary N) is 5. The van der Waals surface area contributed by atoms with Crippen molar-refractivity contribution in [1.29, 1.82) is 0 Å². The lowest BCUT2D eigenvalue weighted by molar-refractivity contribution is -0.139. The molecule has 1 aliphatic carbocycles. The van der Waals surface area contributed by atoms with Crippen molar-refractivity contribution in [3.05, 3.63) is 53.6 Å². The van der Waals surface area contributed by atoms with Crippen LogP contribution in [0.4, 0.5) is 17.6 Å². The average molecular weight is 866 g/mol. The summed E-state index contributed by atoms with van der Waals surface area (Å²) in [4.78, 5) is 66.0. The molecule has 8 unspecified atom stereocenters. The minimum Gasteiger partial charge on any atom is -0.352 e. The Bertz CT molecular complexity index is 2280. The van der Waals surface area contributed by atoms with E-state index in [1.165, 1.54) is 29.2 Å². The quantitative estimate of drug-likeness (QED) is 0.105. The summed E-state index contributed by atoms with van der Waals surface area (Å²) in [7, 11) is 3.30. The molecule has 0 bridgehead atoms. The van der Waals surface area contributed by atoms with Gasteiger partial charge < -0.3 is 40.6 Å². The first-order valence-electron chi connectivity index (χ1n) is 22.0. The largest absolute Gasteiger partial charge is 0.352 e. The van der Waals surface area contributed by atoms with E-state index in [2.05, 4.69) is 26.3 Å². The molecule has 17 heteroatoms. The predicted molar refractivity (Wildman–Crippen MR) is 228 cm³/mol. The van der Waals surface area contributed by atoms with Crippen molar-refractivity contribution in [2.24, 2.45) is 5.92 Å². The summed E-state index contributed by atoms with van der Waals surface area (Å²) in [5, 5.41) is 12.2. The Hall–Kier alpha value is -5.03. The number of likely N-dealkylation sites (N-methyl/N-ethyl adjacent to an activating group) is 2. The van der Waals surface area contributed by atoms with Gasteiger partial charge in [0, 0.05) is 42.4 Å². The molecule has 3 aliphatic rings. The van der Waals surface area contributed by atoms with Crippen molar-refractivity contribution in [1.82, 2.24) is 45.6 Å². The van der Waals surface area contributed by atoms with Crippen LogP contribution in [0.3, 0.4) is 0 Å². The van der Waals surface area contributed by atoms with Gasteiger partial charge in [-0.05, 0) is 95.4 Å². The number of aromatic nitrogens is 3. The number of likely N-dealkylation sites (tertiary alicyclic amines) is 2. The van der Waals surface area contributed by atoms with Gasteiger partial charge in [0.15, 0.2) is 5.82 Å². The van der Waals surface area contributed by atoms with Gasteiger partial charge in [0.2, 0.25) is 23.6 Å². The third-order valence-corrected chi connectivity index (χ3v) is 13.3. The lowest BCUT2D eigenvalue weighted by atomic mass is 9.83. The zero-order valence-corrected chi connectivity index (χ0v) is 36.1. The Labute approximate surface area is 359 Å². The first-order valence-corrected chi connectivity index (χ1v) is 22.0. The lowest BCUT2D eigenvalue weighted by Crippen LogP contribution is -2.56. The molecule has 2 aromatic carbocycles. The van der Waals surface area contributed by atoms with Crippen LogP contribution < -0.4 is 21.3 Å². The Morgan fingerprint density at radius 1 is 0.823 bits per heavy atom. The summed E-state index contributed by atoms with van der Waals surface area (Å²) in [5.74, 6) is -2.31. The zero-order chi connectivity index (χ0) is 44.4. The number of imidazole rings is 1. The Balaban J connectivity index is 1.27. The summed E-state index contributed by atoms with van der Waals surface area (Å²) in [6.45, 7) is 4.85. The monoisotopic (exact) mass is 865 g/mol. The van der Waals surface area contributed by atoms with Crippen LogP contribution in [-0.4, -0.2) is 124 Å². The van der Waals surface area contributed by atoms with Gasteiger partial charge in [0.1, 0.15) is 36.1 Å². The molecular formula is C45H59F4N9O4.